The van der Waals surface area contributed by atoms with Gasteiger partial charge in [-0.25, -0.2) is 0 Å². The summed E-state index contributed by atoms with van der Waals surface area (Å²) in [6.07, 6.45) is 4.19. The zero-order chi connectivity index (χ0) is 11.4. The van der Waals surface area contributed by atoms with E-state index in [9.17, 15) is 4.79 Å². The fraction of sp³-hybridized carbons (Fsp3) is 0.357. The molecular formula is C14H17NO. The molecule has 84 valence electrons. The molecule has 1 aliphatic rings. The maximum absolute atomic E-state index is 11.4. The molecule has 16 heavy (non-hydrogen) atoms. The van der Waals surface area contributed by atoms with Gasteiger partial charge in [0.1, 0.15) is 0 Å². The van der Waals surface area contributed by atoms with Crippen molar-refractivity contribution in [1.29, 1.82) is 0 Å². The van der Waals surface area contributed by atoms with Crippen LogP contribution >= 0.6 is 0 Å². The first-order valence-electron chi connectivity index (χ1n) is 5.77. The summed E-state index contributed by atoms with van der Waals surface area (Å²) < 4.78 is 0. The molecule has 2 rings (SSSR count). The minimum Gasteiger partial charge on any atom is -0.352 e. The summed E-state index contributed by atoms with van der Waals surface area (Å²) in [5.41, 5.74) is 2.42. The smallest absolute Gasteiger partial charge is 0.223 e. The normalized spacial score (nSPS) is 15.9. The van der Waals surface area contributed by atoms with Gasteiger partial charge in [0.15, 0.2) is 0 Å². The van der Waals surface area contributed by atoms with E-state index in [-0.39, 0.29) is 5.91 Å². The Bertz CT molecular complexity index is 390. The summed E-state index contributed by atoms with van der Waals surface area (Å²) in [5.74, 6) is 0.502. The molecule has 1 amide bonds. The summed E-state index contributed by atoms with van der Waals surface area (Å²) in [6, 6.07) is 10.2. The van der Waals surface area contributed by atoms with Crippen LogP contribution in [0.2, 0.25) is 0 Å². The van der Waals surface area contributed by atoms with Crippen LogP contribution < -0.4 is 5.32 Å². The molecule has 0 unspecified atom stereocenters. The molecule has 0 aliphatic heterocycles. The highest BCUT2D eigenvalue weighted by atomic mass is 16.2. The third-order valence-electron chi connectivity index (χ3n) is 2.86. The highest BCUT2D eigenvalue weighted by Crippen LogP contribution is 2.28. The predicted molar refractivity (Wildman–Crippen MR) is 65.8 cm³/mol. The Morgan fingerprint density at radius 2 is 2.06 bits per heavy atom. The molecule has 1 N–H and O–H groups in total. The lowest BCUT2D eigenvalue weighted by Gasteiger charge is -2.03. The highest BCUT2D eigenvalue weighted by molar-refractivity contribution is 5.81. The molecular weight excluding hydrogens is 198 g/mol. The van der Waals surface area contributed by atoms with Crippen molar-refractivity contribution in [3.8, 4) is 0 Å². The van der Waals surface area contributed by atoms with Crippen molar-refractivity contribution in [2.24, 2.45) is 5.92 Å². The maximum atomic E-state index is 11.4. The zero-order valence-corrected chi connectivity index (χ0v) is 9.57. The molecule has 0 atom stereocenters. The van der Waals surface area contributed by atoms with Gasteiger partial charge in [-0.2, -0.15) is 0 Å². The average molecular weight is 215 g/mol. The Morgan fingerprint density at radius 1 is 1.38 bits per heavy atom. The van der Waals surface area contributed by atoms with E-state index >= 15 is 0 Å². The van der Waals surface area contributed by atoms with Crippen LogP contribution in [0.15, 0.2) is 36.4 Å². The molecule has 0 aromatic heterocycles. The highest BCUT2D eigenvalue weighted by Gasteiger charge is 2.28. The Hall–Kier alpha value is -1.57. The van der Waals surface area contributed by atoms with Crippen molar-refractivity contribution in [3.63, 3.8) is 0 Å². The lowest BCUT2D eigenvalue weighted by molar-refractivity contribution is -0.122. The summed E-state index contributed by atoms with van der Waals surface area (Å²) in [7, 11) is 0. The minimum atomic E-state index is 0.206. The Morgan fingerprint density at radius 3 is 2.69 bits per heavy atom. The van der Waals surface area contributed by atoms with Gasteiger partial charge in [0, 0.05) is 12.5 Å². The number of benzene rings is 1. The van der Waals surface area contributed by atoms with Crippen LogP contribution in [0, 0.1) is 5.92 Å². The summed E-state index contributed by atoms with van der Waals surface area (Å²) in [6.45, 7) is 2.70. The van der Waals surface area contributed by atoms with Crippen LogP contribution in [0.3, 0.4) is 0 Å². The Kier molecular flexibility index (Phi) is 3.40. The van der Waals surface area contributed by atoms with Crippen molar-refractivity contribution in [1.82, 2.24) is 5.32 Å². The second-order valence-corrected chi connectivity index (χ2v) is 4.27. The number of carbonyl (C=O) groups is 1. The molecule has 2 heteroatoms. The number of allylic oxidation sites excluding steroid dienone is 1. The fourth-order valence-electron chi connectivity index (χ4n) is 1.61. The minimum absolute atomic E-state index is 0.206. The lowest BCUT2D eigenvalue weighted by atomic mass is 10.1. The van der Waals surface area contributed by atoms with E-state index in [1.807, 2.05) is 18.2 Å². The average Bonchev–Trinajstić information content (AvgIpc) is 3.14. The number of hydrogen-bond acceptors (Lipinski definition) is 1. The molecule has 1 aliphatic carbocycles. The van der Waals surface area contributed by atoms with Crippen LogP contribution in [0.25, 0.3) is 5.57 Å². The third kappa shape index (κ3) is 2.96. The van der Waals surface area contributed by atoms with Gasteiger partial charge in [0.25, 0.3) is 0 Å². The fourth-order valence-corrected chi connectivity index (χ4v) is 1.61. The van der Waals surface area contributed by atoms with Gasteiger partial charge < -0.3 is 5.32 Å². The van der Waals surface area contributed by atoms with E-state index in [1.54, 1.807) is 0 Å². The first-order chi connectivity index (χ1) is 7.77. The van der Waals surface area contributed by atoms with Crippen LogP contribution in [0.5, 0.6) is 0 Å². The van der Waals surface area contributed by atoms with E-state index in [2.05, 4.69) is 30.4 Å². The second-order valence-electron chi connectivity index (χ2n) is 4.27. The summed E-state index contributed by atoms with van der Waals surface area (Å²) in [5, 5.41) is 2.93. The van der Waals surface area contributed by atoms with Crippen molar-refractivity contribution in [3.05, 3.63) is 42.0 Å². The third-order valence-corrected chi connectivity index (χ3v) is 2.86. The molecule has 0 radical (unpaired) electrons. The van der Waals surface area contributed by atoms with Gasteiger partial charge >= 0.3 is 0 Å². The van der Waals surface area contributed by atoms with Crippen molar-refractivity contribution in [2.75, 3.05) is 6.54 Å². The van der Waals surface area contributed by atoms with Gasteiger partial charge in [-0.15, -0.1) is 0 Å². The number of rotatable bonds is 4. The molecule has 0 bridgehead atoms. The van der Waals surface area contributed by atoms with Crippen LogP contribution in [0.1, 0.15) is 25.3 Å². The topological polar surface area (TPSA) is 29.1 Å². The molecule has 1 aromatic rings. The van der Waals surface area contributed by atoms with Crippen molar-refractivity contribution >= 4 is 11.5 Å². The van der Waals surface area contributed by atoms with Crippen molar-refractivity contribution < 1.29 is 4.79 Å². The number of amides is 1. The standard InChI is InChI=1S/C14H17NO/c1-11(12-5-3-2-4-6-12)9-10-15-14(16)13-7-8-13/h2-6,9,13H,7-8,10H2,1H3,(H,15,16). The molecule has 1 saturated carbocycles. The van der Waals surface area contributed by atoms with Gasteiger partial charge in [-0.3, -0.25) is 4.79 Å². The van der Waals surface area contributed by atoms with E-state index < -0.39 is 0 Å². The Labute approximate surface area is 96.4 Å². The number of carbonyl (C=O) groups excluding carboxylic acids is 1. The van der Waals surface area contributed by atoms with E-state index in [1.165, 1.54) is 11.1 Å². The molecule has 0 heterocycles. The Balaban J connectivity index is 1.84. The maximum Gasteiger partial charge on any atom is 0.223 e. The first-order valence-corrected chi connectivity index (χ1v) is 5.77. The van der Waals surface area contributed by atoms with Gasteiger partial charge in [0.2, 0.25) is 5.91 Å². The van der Waals surface area contributed by atoms with E-state index in [0.29, 0.717) is 12.5 Å². The molecule has 0 spiro atoms. The first kappa shape index (κ1) is 10.9. The van der Waals surface area contributed by atoms with Crippen LogP contribution in [0.4, 0.5) is 0 Å². The number of nitrogens with one attached hydrogen (secondary N) is 1. The van der Waals surface area contributed by atoms with Gasteiger partial charge in [-0.05, 0) is 30.9 Å². The largest absolute Gasteiger partial charge is 0.352 e. The molecule has 1 aromatic carbocycles. The van der Waals surface area contributed by atoms with Gasteiger partial charge in [0.05, 0.1) is 0 Å². The molecule has 1 fully saturated rings. The zero-order valence-electron chi connectivity index (χ0n) is 9.57. The monoisotopic (exact) mass is 215 g/mol. The quantitative estimate of drug-likeness (QED) is 0.822. The molecule has 0 saturated heterocycles. The SMILES string of the molecule is CC(=CCNC(=O)C1CC1)c1ccccc1. The molecule has 2 nitrogen and oxygen atoms in total. The second kappa shape index (κ2) is 4.97. The van der Waals surface area contributed by atoms with E-state index in [4.69, 9.17) is 0 Å². The number of hydrogen-bond donors (Lipinski definition) is 1. The predicted octanol–water partition coefficient (Wildman–Crippen LogP) is 2.62. The van der Waals surface area contributed by atoms with Crippen LogP contribution in [-0.4, -0.2) is 12.5 Å². The van der Waals surface area contributed by atoms with Crippen LogP contribution in [-0.2, 0) is 4.79 Å². The van der Waals surface area contributed by atoms with Crippen molar-refractivity contribution in [2.45, 2.75) is 19.8 Å². The van der Waals surface area contributed by atoms with Gasteiger partial charge in [-0.1, -0.05) is 36.4 Å². The lowest BCUT2D eigenvalue weighted by Crippen LogP contribution is -2.24. The summed E-state index contributed by atoms with van der Waals surface area (Å²) >= 11 is 0. The van der Waals surface area contributed by atoms with E-state index in [0.717, 1.165) is 12.8 Å². The summed E-state index contributed by atoms with van der Waals surface area (Å²) in [4.78, 5) is 11.4.